The largest absolute Gasteiger partial charge is 0.451 e. The van der Waals surface area contributed by atoms with Gasteiger partial charge in [0.25, 0.3) is 0 Å². The fourth-order valence-electron chi connectivity index (χ4n) is 4.69. The fraction of sp³-hybridized carbons (Fsp3) is 0.667. The summed E-state index contributed by atoms with van der Waals surface area (Å²) in [6.07, 6.45) is 1.22. The van der Waals surface area contributed by atoms with E-state index in [0.717, 1.165) is 44.8 Å². The molecule has 1 aliphatic carbocycles. The lowest BCUT2D eigenvalue weighted by molar-refractivity contribution is -0.144. The summed E-state index contributed by atoms with van der Waals surface area (Å²) >= 11 is 0. The summed E-state index contributed by atoms with van der Waals surface area (Å²) in [4.78, 5) is 11.8. The molecule has 0 amide bonds. The van der Waals surface area contributed by atoms with Crippen LogP contribution in [0, 0.1) is 0 Å². The van der Waals surface area contributed by atoms with Crippen molar-refractivity contribution in [2.45, 2.75) is 50.2 Å². The van der Waals surface area contributed by atoms with Crippen LogP contribution in [-0.2, 0) is 10.9 Å². The smallest absolute Gasteiger partial charge is 0.378 e. The van der Waals surface area contributed by atoms with Gasteiger partial charge in [-0.15, -0.1) is 0 Å². The molecule has 0 aromatic carbocycles. The van der Waals surface area contributed by atoms with Gasteiger partial charge in [-0.25, -0.2) is 9.97 Å². The lowest BCUT2D eigenvalue weighted by Gasteiger charge is -2.42. The maximum Gasteiger partial charge on any atom is 0.451 e. The highest BCUT2D eigenvalue weighted by molar-refractivity contribution is 5.57. The van der Waals surface area contributed by atoms with Crippen LogP contribution in [0.5, 0.6) is 0 Å². The van der Waals surface area contributed by atoms with Crippen molar-refractivity contribution in [3.05, 3.63) is 23.7 Å². The lowest BCUT2D eigenvalue weighted by Crippen LogP contribution is -2.56. The third-order valence-corrected chi connectivity index (χ3v) is 6.64. The van der Waals surface area contributed by atoms with E-state index in [9.17, 15) is 13.2 Å². The topological polar surface area (TPSA) is 82.2 Å². The van der Waals surface area contributed by atoms with Crippen molar-refractivity contribution >= 4 is 17.5 Å². The van der Waals surface area contributed by atoms with E-state index in [1.807, 2.05) is 11.0 Å². The molecule has 3 fully saturated rings. The second kappa shape index (κ2) is 8.86. The second-order valence-electron chi connectivity index (χ2n) is 8.82. The first-order valence-electron chi connectivity index (χ1n) is 11.3. The molecule has 2 saturated heterocycles. The molecular formula is C21H28F3N7O. The van der Waals surface area contributed by atoms with Crippen LogP contribution in [0.4, 0.5) is 30.6 Å². The van der Waals surface area contributed by atoms with E-state index in [2.05, 4.69) is 30.4 Å². The summed E-state index contributed by atoms with van der Waals surface area (Å²) in [7, 11) is 0. The molecule has 11 heteroatoms. The number of anilines is 3. The number of ether oxygens (including phenoxy) is 1. The van der Waals surface area contributed by atoms with Gasteiger partial charge in [-0.2, -0.15) is 18.3 Å². The number of rotatable bonds is 5. The molecule has 0 atom stereocenters. The molecule has 32 heavy (non-hydrogen) atoms. The van der Waals surface area contributed by atoms with Gasteiger partial charge < -0.3 is 15.0 Å². The Bertz CT molecular complexity index is 916. The average Bonchev–Trinajstić information content (AvgIpc) is 3.21. The third kappa shape index (κ3) is 4.68. The van der Waals surface area contributed by atoms with Crippen molar-refractivity contribution in [2.75, 3.05) is 49.6 Å². The quantitative estimate of drug-likeness (QED) is 0.720. The number of aromatic amines is 1. The Morgan fingerprint density at radius 2 is 1.72 bits per heavy atom. The van der Waals surface area contributed by atoms with Crippen LogP contribution in [0.25, 0.3) is 0 Å². The van der Waals surface area contributed by atoms with Gasteiger partial charge in [0.15, 0.2) is 5.82 Å². The molecule has 8 nitrogen and oxygen atoms in total. The lowest BCUT2D eigenvalue weighted by atomic mass is 9.87. The van der Waals surface area contributed by atoms with Gasteiger partial charge in [0.1, 0.15) is 11.6 Å². The van der Waals surface area contributed by atoms with E-state index in [-0.39, 0.29) is 11.6 Å². The summed E-state index contributed by atoms with van der Waals surface area (Å²) in [5, 5.41) is 10.3. The first-order chi connectivity index (χ1) is 15.5. The van der Waals surface area contributed by atoms with Gasteiger partial charge >= 0.3 is 6.18 Å². The molecule has 174 valence electrons. The fourth-order valence-corrected chi connectivity index (χ4v) is 4.69. The highest BCUT2D eigenvalue weighted by Crippen LogP contribution is 2.34. The van der Waals surface area contributed by atoms with Gasteiger partial charge in [0, 0.05) is 49.9 Å². The standard InChI is InChI=1S/C21H28F3N7O/c22-21(23,24)20-26-17(25-18-10-16(28-29-18)14-4-2-1-3-5-14)11-19(27-20)31-8-6-30(7-9-31)15-12-32-13-15/h10-11,14-15H,1-9,12-13H2,(H2,25,26,27,28,29). The maximum atomic E-state index is 13.5. The number of nitrogens with one attached hydrogen (secondary N) is 2. The minimum atomic E-state index is -4.63. The van der Waals surface area contributed by atoms with Crippen LogP contribution >= 0.6 is 0 Å². The van der Waals surface area contributed by atoms with Gasteiger partial charge in [0.2, 0.25) is 5.82 Å². The first kappa shape index (κ1) is 21.4. The number of aromatic nitrogens is 4. The van der Waals surface area contributed by atoms with E-state index in [1.54, 1.807) is 6.07 Å². The van der Waals surface area contributed by atoms with Gasteiger partial charge in [-0.05, 0) is 12.8 Å². The zero-order chi connectivity index (χ0) is 22.1. The Balaban J connectivity index is 1.32. The van der Waals surface area contributed by atoms with Crippen LogP contribution in [0.2, 0.25) is 0 Å². The molecule has 0 bridgehead atoms. The minimum Gasteiger partial charge on any atom is -0.378 e. The predicted octanol–water partition coefficient (Wildman–Crippen LogP) is 3.53. The normalized spacial score (nSPS) is 21.5. The van der Waals surface area contributed by atoms with Crippen molar-refractivity contribution in [3.63, 3.8) is 0 Å². The molecule has 4 heterocycles. The second-order valence-corrected chi connectivity index (χ2v) is 8.82. The van der Waals surface area contributed by atoms with Crippen LogP contribution in [0.1, 0.15) is 49.5 Å². The van der Waals surface area contributed by atoms with Gasteiger partial charge in [-0.3, -0.25) is 10.00 Å². The minimum absolute atomic E-state index is 0.0961. The number of alkyl halides is 3. The van der Waals surface area contributed by atoms with Crippen molar-refractivity contribution in [3.8, 4) is 0 Å². The van der Waals surface area contributed by atoms with Gasteiger partial charge in [0.05, 0.1) is 19.3 Å². The Kier molecular flexibility index (Phi) is 5.93. The Labute approximate surface area is 184 Å². The van der Waals surface area contributed by atoms with E-state index < -0.39 is 12.0 Å². The number of piperazine rings is 1. The Morgan fingerprint density at radius 1 is 0.969 bits per heavy atom. The summed E-state index contributed by atoms with van der Waals surface area (Å²) in [6.45, 7) is 4.22. The molecule has 2 aliphatic heterocycles. The molecule has 2 N–H and O–H groups in total. The van der Waals surface area contributed by atoms with Crippen molar-refractivity contribution in [2.24, 2.45) is 0 Å². The van der Waals surface area contributed by atoms with E-state index >= 15 is 0 Å². The number of halogens is 3. The molecule has 3 aliphatic rings. The van der Waals surface area contributed by atoms with Crippen molar-refractivity contribution in [1.82, 2.24) is 25.1 Å². The Hall–Kier alpha value is -2.40. The number of nitrogens with zero attached hydrogens (tertiary/aromatic N) is 5. The van der Waals surface area contributed by atoms with Crippen LogP contribution in [0.15, 0.2) is 12.1 Å². The highest BCUT2D eigenvalue weighted by Gasteiger charge is 2.36. The van der Waals surface area contributed by atoms with Gasteiger partial charge in [-0.1, -0.05) is 19.3 Å². The third-order valence-electron chi connectivity index (χ3n) is 6.64. The van der Waals surface area contributed by atoms with E-state index in [4.69, 9.17) is 4.74 Å². The molecule has 0 unspecified atom stereocenters. The average molecular weight is 451 g/mol. The SMILES string of the molecule is FC(F)(F)c1nc(Nc2cc(C3CCCCC3)[nH]n2)cc(N2CCN(C3COC3)CC2)n1. The van der Waals surface area contributed by atoms with Crippen LogP contribution < -0.4 is 10.2 Å². The summed E-state index contributed by atoms with van der Waals surface area (Å²) in [5.41, 5.74) is 1.02. The Morgan fingerprint density at radius 3 is 2.38 bits per heavy atom. The molecule has 1 saturated carbocycles. The van der Waals surface area contributed by atoms with Crippen molar-refractivity contribution in [1.29, 1.82) is 0 Å². The monoisotopic (exact) mass is 451 g/mol. The summed E-state index contributed by atoms with van der Waals surface area (Å²) in [6, 6.07) is 3.88. The molecular weight excluding hydrogens is 423 g/mol. The molecule has 0 spiro atoms. The molecule has 0 radical (unpaired) electrons. The maximum absolute atomic E-state index is 13.5. The zero-order valence-corrected chi connectivity index (χ0v) is 17.9. The number of hydrogen-bond donors (Lipinski definition) is 2. The summed E-state index contributed by atoms with van der Waals surface area (Å²) < 4.78 is 45.8. The van der Waals surface area contributed by atoms with Crippen LogP contribution in [-0.4, -0.2) is 70.5 Å². The highest BCUT2D eigenvalue weighted by atomic mass is 19.4. The molecule has 5 rings (SSSR count). The van der Waals surface area contributed by atoms with E-state index in [1.165, 1.54) is 19.3 Å². The summed E-state index contributed by atoms with van der Waals surface area (Å²) in [5.74, 6) is 0.130. The predicted molar refractivity (Wildman–Crippen MR) is 113 cm³/mol. The molecule has 2 aromatic heterocycles. The molecule has 2 aromatic rings. The van der Waals surface area contributed by atoms with E-state index in [0.29, 0.717) is 30.9 Å². The first-order valence-corrected chi connectivity index (χ1v) is 11.3. The van der Waals surface area contributed by atoms with Crippen LogP contribution in [0.3, 0.4) is 0 Å². The zero-order valence-electron chi connectivity index (χ0n) is 17.9. The van der Waals surface area contributed by atoms with Crippen molar-refractivity contribution < 1.29 is 17.9 Å². The number of H-pyrrole nitrogens is 1. The number of hydrogen-bond acceptors (Lipinski definition) is 7.